The SMILES string of the molecule is Cc1nc(NCCN2CCCCC2)c2c(n1)NC(=O)CO2.Cl.Cl. The van der Waals surface area contributed by atoms with Crippen molar-refractivity contribution in [1.82, 2.24) is 14.9 Å². The summed E-state index contributed by atoms with van der Waals surface area (Å²) in [6, 6.07) is 0. The largest absolute Gasteiger partial charge is 0.476 e. The fraction of sp³-hybridized carbons (Fsp3) is 0.643. The number of anilines is 2. The molecule has 0 unspecified atom stereocenters. The van der Waals surface area contributed by atoms with Crippen molar-refractivity contribution in [2.24, 2.45) is 0 Å². The molecule has 0 saturated carbocycles. The molecule has 0 bridgehead atoms. The first-order valence-electron chi connectivity index (χ1n) is 7.50. The van der Waals surface area contributed by atoms with Crippen molar-refractivity contribution >= 4 is 42.4 Å². The summed E-state index contributed by atoms with van der Waals surface area (Å²) >= 11 is 0. The number of hydrogen-bond donors (Lipinski definition) is 2. The Morgan fingerprint density at radius 2 is 1.96 bits per heavy atom. The Labute approximate surface area is 148 Å². The Hall–Kier alpha value is -1.31. The maximum atomic E-state index is 11.3. The lowest BCUT2D eigenvalue weighted by Crippen LogP contribution is -2.34. The lowest BCUT2D eigenvalue weighted by molar-refractivity contribution is -0.118. The number of carbonyl (C=O) groups excluding carboxylic acids is 1. The molecular weight excluding hydrogens is 341 g/mol. The van der Waals surface area contributed by atoms with Gasteiger partial charge in [0.1, 0.15) is 5.82 Å². The molecule has 2 aliphatic heterocycles. The van der Waals surface area contributed by atoms with Crippen LogP contribution in [0.25, 0.3) is 0 Å². The number of ether oxygens (including phenoxy) is 1. The zero-order valence-electron chi connectivity index (χ0n) is 13.1. The maximum Gasteiger partial charge on any atom is 0.263 e. The molecule has 9 heteroatoms. The number of carbonyl (C=O) groups is 1. The van der Waals surface area contributed by atoms with E-state index >= 15 is 0 Å². The zero-order valence-corrected chi connectivity index (χ0v) is 14.8. The summed E-state index contributed by atoms with van der Waals surface area (Å²) < 4.78 is 5.45. The van der Waals surface area contributed by atoms with Crippen molar-refractivity contribution in [3.8, 4) is 5.75 Å². The smallest absolute Gasteiger partial charge is 0.263 e. The number of halogens is 2. The standard InChI is InChI=1S/C14H21N5O2.2ClH/c1-10-16-13(12-14(17-10)18-11(20)9-21-12)15-5-8-19-6-3-2-4-7-19;;/h2-9H2,1H3,(H2,15,16,17,18,20);2*1H. The molecule has 1 amide bonds. The van der Waals surface area contributed by atoms with Crippen LogP contribution in [0, 0.1) is 6.92 Å². The molecule has 2 N–H and O–H groups in total. The van der Waals surface area contributed by atoms with Gasteiger partial charge in [0.25, 0.3) is 5.91 Å². The van der Waals surface area contributed by atoms with E-state index in [1.54, 1.807) is 6.92 Å². The molecule has 0 spiro atoms. The zero-order chi connectivity index (χ0) is 14.7. The minimum absolute atomic E-state index is 0. The number of nitrogens with zero attached hydrogens (tertiary/aromatic N) is 3. The van der Waals surface area contributed by atoms with Crippen LogP contribution in [0.2, 0.25) is 0 Å². The highest BCUT2D eigenvalue weighted by Crippen LogP contribution is 2.32. The molecule has 7 nitrogen and oxygen atoms in total. The highest BCUT2D eigenvalue weighted by atomic mass is 35.5. The number of hydrogen-bond acceptors (Lipinski definition) is 6. The summed E-state index contributed by atoms with van der Waals surface area (Å²) in [5.41, 5.74) is 0. The summed E-state index contributed by atoms with van der Waals surface area (Å²) in [5.74, 6) is 2.09. The van der Waals surface area contributed by atoms with Gasteiger partial charge in [0.05, 0.1) is 0 Å². The van der Waals surface area contributed by atoms with E-state index in [0.29, 0.717) is 23.2 Å². The van der Waals surface area contributed by atoms with E-state index < -0.39 is 0 Å². The number of nitrogens with one attached hydrogen (secondary N) is 2. The van der Waals surface area contributed by atoms with Crippen LogP contribution in [0.4, 0.5) is 11.6 Å². The normalized spacial score (nSPS) is 17.0. The van der Waals surface area contributed by atoms with Crippen LogP contribution in [0.15, 0.2) is 0 Å². The Morgan fingerprint density at radius 3 is 2.70 bits per heavy atom. The molecular formula is C14H23Cl2N5O2. The van der Waals surface area contributed by atoms with E-state index in [4.69, 9.17) is 4.74 Å². The van der Waals surface area contributed by atoms with E-state index in [2.05, 4.69) is 25.5 Å². The van der Waals surface area contributed by atoms with Crippen LogP contribution in [0.1, 0.15) is 25.1 Å². The van der Waals surface area contributed by atoms with Gasteiger partial charge >= 0.3 is 0 Å². The maximum absolute atomic E-state index is 11.3. The van der Waals surface area contributed by atoms with Crippen LogP contribution in [0.5, 0.6) is 5.75 Å². The molecule has 3 rings (SSSR count). The monoisotopic (exact) mass is 363 g/mol. The van der Waals surface area contributed by atoms with Gasteiger partial charge in [0.2, 0.25) is 5.75 Å². The third-order valence-corrected chi connectivity index (χ3v) is 3.75. The van der Waals surface area contributed by atoms with Crippen molar-refractivity contribution in [3.63, 3.8) is 0 Å². The van der Waals surface area contributed by atoms with E-state index in [1.165, 1.54) is 32.4 Å². The molecule has 1 aromatic heterocycles. The molecule has 0 radical (unpaired) electrons. The second kappa shape index (κ2) is 9.10. The van der Waals surface area contributed by atoms with E-state index in [-0.39, 0.29) is 37.3 Å². The molecule has 130 valence electrons. The minimum Gasteiger partial charge on any atom is -0.476 e. The van der Waals surface area contributed by atoms with E-state index in [9.17, 15) is 4.79 Å². The van der Waals surface area contributed by atoms with Gasteiger partial charge in [-0.25, -0.2) is 9.97 Å². The highest BCUT2D eigenvalue weighted by Gasteiger charge is 2.22. The van der Waals surface area contributed by atoms with Gasteiger partial charge < -0.3 is 20.3 Å². The van der Waals surface area contributed by atoms with Gasteiger partial charge in [-0.3, -0.25) is 4.79 Å². The summed E-state index contributed by atoms with van der Waals surface area (Å²) in [4.78, 5) is 22.4. The predicted molar refractivity (Wildman–Crippen MR) is 94.2 cm³/mol. The number of rotatable bonds is 4. The first-order valence-corrected chi connectivity index (χ1v) is 7.50. The predicted octanol–water partition coefficient (Wildman–Crippen LogP) is 1.86. The number of amides is 1. The van der Waals surface area contributed by atoms with Crippen LogP contribution in [-0.4, -0.2) is 53.6 Å². The van der Waals surface area contributed by atoms with Crippen LogP contribution in [0.3, 0.4) is 0 Å². The average molecular weight is 364 g/mol. The van der Waals surface area contributed by atoms with Gasteiger partial charge in [0, 0.05) is 13.1 Å². The van der Waals surface area contributed by atoms with Gasteiger partial charge in [-0.2, -0.15) is 0 Å². The number of piperidine rings is 1. The minimum atomic E-state index is -0.181. The number of aromatic nitrogens is 2. The van der Waals surface area contributed by atoms with Crippen molar-refractivity contribution < 1.29 is 9.53 Å². The van der Waals surface area contributed by atoms with Gasteiger partial charge in [0.15, 0.2) is 18.2 Å². The second-order valence-corrected chi connectivity index (χ2v) is 5.46. The summed E-state index contributed by atoms with van der Waals surface area (Å²) in [6.45, 7) is 5.96. The summed E-state index contributed by atoms with van der Waals surface area (Å²) in [7, 11) is 0. The molecule has 3 heterocycles. The second-order valence-electron chi connectivity index (χ2n) is 5.46. The summed E-state index contributed by atoms with van der Waals surface area (Å²) in [6.07, 6.45) is 3.92. The highest BCUT2D eigenvalue weighted by molar-refractivity contribution is 5.95. The Balaban J connectivity index is 0.00000132. The lowest BCUT2D eigenvalue weighted by atomic mass is 10.1. The van der Waals surface area contributed by atoms with E-state index in [1.807, 2.05) is 0 Å². The van der Waals surface area contributed by atoms with Crippen LogP contribution < -0.4 is 15.4 Å². The van der Waals surface area contributed by atoms with Crippen LogP contribution in [-0.2, 0) is 4.79 Å². The third-order valence-electron chi connectivity index (χ3n) is 3.75. The van der Waals surface area contributed by atoms with Crippen molar-refractivity contribution in [2.45, 2.75) is 26.2 Å². The molecule has 1 saturated heterocycles. The number of aryl methyl sites for hydroxylation is 1. The Bertz CT molecular complexity index is 538. The van der Waals surface area contributed by atoms with Crippen LogP contribution >= 0.6 is 24.8 Å². The first-order chi connectivity index (χ1) is 10.2. The molecule has 0 atom stereocenters. The number of fused-ring (bicyclic) bond motifs is 1. The van der Waals surface area contributed by atoms with Gasteiger partial charge in [-0.1, -0.05) is 6.42 Å². The molecule has 2 aliphatic rings. The van der Waals surface area contributed by atoms with Gasteiger partial charge in [-0.05, 0) is 32.9 Å². The molecule has 23 heavy (non-hydrogen) atoms. The summed E-state index contributed by atoms with van der Waals surface area (Å²) in [5, 5.41) is 6.02. The Kier molecular flexibility index (Phi) is 7.81. The topological polar surface area (TPSA) is 79.4 Å². The van der Waals surface area contributed by atoms with Crippen molar-refractivity contribution in [3.05, 3.63) is 5.82 Å². The van der Waals surface area contributed by atoms with Gasteiger partial charge in [-0.15, -0.1) is 24.8 Å². The first kappa shape index (κ1) is 19.7. The molecule has 0 aromatic carbocycles. The number of likely N-dealkylation sites (tertiary alicyclic amines) is 1. The van der Waals surface area contributed by atoms with Crippen molar-refractivity contribution in [1.29, 1.82) is 0 Å². The molecule has 1 fully saturated rings. The third kappa shape index (κ3) is 5.09. The molecule has 1 aromatic rings. The van der Waals surface area contributed by atoms with E-state index in [0.717, 1.165) is 13.1 Å². The molecule has 0 aliphatic carbocycles. The van der Waals surface area contributed by atoms with Crippen molar-refractivity contribution in [2.75, 3.05) is 43.4 Å². The average Bonchev–Trinajstić information content (AvgIpc) is 2.47. The quantitative estimate of drug-likeness (QED) is 0.849. The Morgan fingerprint density at radius 1 is 1.22 bits per heavy atom. The lowest BCUT2D eigenvalue weighted by Gasteiger charge is -2.26. The fourth-order valence-electron chi connectivity index (χ4n) is 2.72. The fourth-order valence-corrected chi connectivity index (χ4v) is 2.72.